The molecule has 0 saturated heterocycles. The van der Waals surface area contributed by atoms with Gasteiger partial charge in [-0.3, -0.25) is 0 Å². The number of rotatable bonds is 8. The average molecular weight is 686 g/mol. The van der Waals surface area contributed by atoms with Gasteiger partial charge in [0, 0.05) is 22.5 Å². The second-order valence-electron chi connectivity index (χ2n) is 15.0. The van der Waals surface area contributed by atoms with Gasteiger partial charge in [-0.05, 0) is 135 Å². The highest BCUT2D eigenvalue weighted by Crippen LogP contribution is 2.52. The van der Waals surface area contributed by atoms with Crippen LogP contribution in [0.5, 0.6) is 0 Å². The van der Waals surface area contributed by atoms with Gasteiger partial charge in [-0.1, -0.05) is 154 Å². The number of hydrogen-bond acceptors (Lipinski definition) is 1. The lowest BCUT2D eigenvalue weighted by molar-refractivity contribution is 0.660. The Morgan fingerprint density at radius 1 is 0.623 bits per heavy atom. The van der Waals surface area contributed by atoms with Crippen LogP contribution in [0.3, 0.4) is 0 Å². The summed E-state index contributed by atoms with van der Waals surface area (Å²) in [5.41, 5.74) is 18.8. The van der Waals surface area contributed by atoms with Gasteiger partial charge in [-0.25, -0.2) is 0 Å². The van der Waals surface area contributed by atoms with Gasteiger partial charge in [0.2, 0.25) is 0 Å². The Labute approximate surface area is 316 Å². The van der Waals surface area contributed by atoms with Crippen molar-refractivity contribution in [3.8, 4) is 33.4 Å². The number of hydrogen-bond donors (Lipinski definition) is 0. The van der Waals surface area contributed by atoms with Crippen LogP contribution in [0.2, 0.25) is 0 Å². The largest absolute Gasteiger partial charge is 0.310 e. The number of nitrogens with zero attached hydrogens (tertiary/aromatic N) is 1. The molecule has 0 bridgehead atoms. The van der Waals surface area contributed by atoms with Gasteiger partial charge in [0.25, 0.3) is 0 Å². The van der Waals surface area contributed by atoms with Crippen LogP contribution < -0.4 is 4.90 Å². The highest BCUT2D eigenvalue weighted by atomic mass is 15.1. The zero-order valence-electron chi connectivity index (χ0n) is 31.5. The zero-order chi connectivity index (χ0) is 36.5. The number of allylic oxidation sites excluding steroid dienone is 8. The Bertz CT molecular complexity index is 2420. The SMILES string of the molecule is C/C=C\C=C(/C)c1cccc(N(c2ccc(-c3ccccc3C3=CC=CCC3C)cc2)c2ccc3c(c2)C(C)(C)c2cc(-c4ccccc4)ccc2-3)c1. The summed E-state index contributed by atoms with van der Waals surface area (Å²) in [4.78, 5) is 2.42. The van der Waals surface area contributed by atoms with Crippen molar-refractivity contribution < 1.29 is 0 Å². The van der Waals surface area contributed by atoms with E-state index in [-0.39, 0.29) is 5.41 Å². The summed E-state index contributed by atoms with van der Waals surface area (Å²) in [6.07, 6.45) is 14.2. The Kier molecular flexibility index (Phi) is 9.19. The molecule has 260 valence electrons. The summed E-state index contributed by atoms with van der Waals surface area (Å²) >= 11 is 0. The first kappa shape index (κ1) is 34.2. The van der Waals surface area contributed by atoms with E-state index in [0.29, 0.717) is 5.92 Å². The van der Waals surface area contributed by atoms with E-state index >= 15 is 0 Å². The van der Waals surface area contributed by atoms with Crippen LogP contribution in [0.4, 0.5) is 17.1 Å². The van der Waals surface area contributed by atoms with Crippen LogP contribution in [0.15, 0.2) is 176 Å². The monoisotopic (exact) mass is 685 g/mol. The molecule has 6 aromatic carbocycles. The predicted octanol–water partition coefficient (Wildman–Crippen LogP) is 14.8. The molecule has 53 heavy (non-hydrogen) atoms. The van der Waals surface area contributed by atoms with Crippen LogP contribution in [0, 0.1) is 5.92 Å². The molecular formula is C52H47N. The highest BCUT2D eigenvalue weighted by Gasteiger charge is 2.36. The van der Waals surface area contributed by atoms with Gasteiger partial charge in [0.1, 0.15) is 0 Å². The fourth-order valence-electron chi connectivity index (χ4n) is 8.23. The van der Waals surface area contributed by atoms with Crippen LogP contribution in [0.1, 0.15) is 63.3 Å². The fourth-order valence-corrected chi connectivity index (χ4v) is 8.23. The predicted molar refractivity (Wildman–Crippen MR) is 229 cm³/mol. The standard InChI is InChI=1S/C52H47N/c1-6-7-16-36(2)40-20-15-21-43(33-40)53(42-28-25-39(26-29-42)46-23-13-14-24-47(46)45-22-12-11-17-37(45)3)44-30-32-49-48-31-27-41(38-18-9-8-10-19-38)34-50(48)52(4,5)51(49)35-44/h6-16,18-35,37H,17H2,1-5H3/b7-6-,36-16+. The molecular weight excluding hydrogens is 639 g/mol. The molecule has 2 aliphatic carbocycles. The molecule has 0 heterocycles. The summed E-state index contributed by atoms with van der Waals surface area (Å²) in [6.45, 7) is 11.3. The molecule has 1 unspecified atom stereocenters. The first-order valence-electron chi connectivity index (χ1n) is 18.9. The molecule has 0 N–H and O–H groups in total. The second kappa shape index (κ2) is 14.2. The van der Waals surface area contributed by atoms with Crippen molar-refractivity contribution in [2.75, 3.05) is 4.90 Å². The molecule has 2 aliphatic rings. The molecule has 1 atom stereocenters. The van der Waals surface area contributed by atoms with Gasteiger partial charge in [-0.15, -0.1) is 0 Å². The Morgan fingerprint density at radius 2 is 1.28 bits per heavy atom. The molecule has 0 fully saturated rings. The van der Waals surface area contributed by atoms with Gasteiger partial charge < -0.3 is 4.90 Å². The van der Waals surface area contributed by atoms with Gasteiger partial charge in [0.15, 0.2) is 0 Å². The minimum atomic E-state index is -0.154. The van der Waals surface area contributed by atoms with Crippen molar-refractivity contribution in [2.24, 2.45) is 5.92 Å². The van der Waals surface area contributed by atoms with Crippen molar-refractivity contribution in [2.45, 2.75) is 46.5 Å². The van der Waals surface area contributed by atoms with Crippen LogP contribution in [0.25, 0.3) is 44.5 Å². The molecule has 0 saturated carbocycles. The quantitative estimate of drug-likeness (QED) is 0.144. The minimum Gasteiger partial charge on any atom is -0.310 e. The van der Waals surface area contributed by atoms with E-state index in [1.165, 1.54) is 66.8 Å². The van der Waals surface area contributed by atoms with Crippen molar-refractivity contribution in [1.82, 2.24) is 0 Å². The van der Waals surface area contributed by atoms with E-state index < -0.39 is 0 Å². The molecule has 0 amide bonds. The van der Waals surface area contributed by atoms with Crippen LogP contribution in [-0.4, -0.2) is 0 Å². The van der Waals surface area contributed by atoms with E-state index in [2.05, 4.69) is 216 Å². The van der Waals surface area contributed by atoms with Crippen molar-refractivity contribution >= 4 is 28.2 Å². The zero-order valence-corrected chi connectivity index (χ0v) is 31.5. The van der Waals surface area contributed by atoms with Gasteiger partial charge in [0.05, 0.1) is 0 Å². The second-order valence-corrected chi connectivity index (χ2v) is 15.0. The third-order valence-electron chi connectivity index (χ3n) is 11.2. The molecule has 6 aromatic rings. The maximum atomic E-state index is 2.43. The number of fused-ring (bicyclic) bond motifs is 3. The molecule has 0 radical (unpaired) electrons. The van der Waals surface area contributed by atoms with Crippen LogP contribution >= 0.6 is 0 Å². The Hall–Kier alpha value is -5.92. The van der Waals surface area contributed by atoms with E-state index in [0.717, 1.165) is 23.5 Å². The van der Waals surface area contributed by atoms with Crippen molar-refractivity contribution in [3.63, 3.8) is 0 Å². The molecule has 1 nitrogen and oxygen atoms in total. The maximum absolute atomic E-state index is 2.43. The van der Waals surface area contributed by atoms with E-state index in [4.69, 9.17) is 0 Å². The first-order chi connectivity index (χ1) is 25.8. The van der Waals surface area contributed by atoms with Crippen LogP contribution in [-0.2, 0) is 5.41 Å². The Morgan fingerprint density at radius 3 is 2.04 bits per heavy atom. The molecule has 0 aliphatic heterocycles. The van der Waals surface area contributed by atoms with Crippen molar-refractivity contribution in [3.05, 3.63) is 198 Å². The van der Waals surface area contributed by atoms with E-state index in [9.17, 15) is 0 Å². The van der Waals surface area contributed by atoms with E-state index in [1.54, 1.807) is 0 Å². The van der Waals surface area contributed by atoms with Crippen molar-refractivity contribution in [1.29, 1.82) is 0 Å². The lowest BCUT2D eigenvalue weighted by atomic mass is 9.81. The lowest BCUT2D eigenvalue weighted by Gasteiger charge is -2.29. The lowest BCUT2D eigenvalue weighted by Crippen LogP contribution is -2.16. The summed E-state index contributed by atoms with van der Waals surface area (Å²) in [5.74, 6) is 0.494. The fraction of sp³-hybridized carbons (Fsp3) is 0.154. The van der Waals surface area contributed by atoms with Gasteiger partial charge in [-0.2, -0.15) is 0 Å². The summed E-state index contributed by atoms with van der Waals surface area (Å²) in [7, 11) is 0. The topological polar surface area (TPSA) is 3.24 Å². The molecule has 1 heteroatoms. The normalized spacial score (nSPS) is 16.0. The number of benzene rings is 6. The third-order valence-corrected chi connectivity index (χ3v) is 11.2. The maximum Gasteiger partial charge on any atom is 0.0467 e. The first-order valence-corrected chi connectivity index (χ1v) is 18.9. The Balaban J connectivity index is 1.23. The summed E-state index contributed by atoms with van der Waals surface area (Å²) in [6, 6.07) is 51.8. The molecule has 0 spiro atoms. The van der Waals surface area contributed by atoms with E-state index in [1.807, 2.05) is 0 Å². The average Bonchev–Trinajstić information content (AvgIpc) is 3.43. The number of anilines is 3. The summed E-state index contributed by atoms with van der Waals surface area (Å²) < 4.78 is 0. The molecule has 0 aromatic heterocycles. The minimum absolute atomic E-state index is 0.154. The smallest absolute Gasteiger partial charge is 0.0467 e. The molecule has 8 rings (SSSR count). The highest BCUT2D eigenvalue weighted by molar-refractivity contribution is 5.89. The van der Waals surface area contributed by atoms with Gasteiger partial charge >= 0.3 is 0 Å². The third kappa shape index (κ3) is 6.42. The summed E-state index contributed by atoms with van der Waals surface area (Å²) in [5, 5.41) is 0.